The molecule has 0 saturated carbocycles. The van der Waals surface area contributed by atoms with Crippen molar-refractivity contribution in [2.75, 3.05) is 18.9 Å². The maximum Gasteiger partial charge on any atom is 0.277 e. The van der Waals surface area contributed by atoms with Crippen LogP contribution in [0.3, 0.4) is 0 Å². The van der Waals surface area contributed by atoms with E-state index in [1.165, 1.54) is 11.8 Å². The second-order valence-corrected chi connectivity index (χ2v) is 7.14. The minimum Gasteiger partial charge on any atom is -0.486 e. The molecule has 0 spiro atoms. The van der Waals surface area contributed by atoms with Gasteiger partial charge in [-0.15, -0.1) is 10.2 Å². The van der Waals surface area contributed by atoms with Crippen LogP contribution < -0.4 is 14.8 Å². The topological polar surface area (TPSA) is 86.5 Å². The number of carbonyl (C=O) groups excluding carboxylic acids is 1. The lowest BCUT2D eigenvalue weighted by molar-refractivity contribution is -0.119. The molecule has 28 heavy (non-hydrogen) atoms. The van der Waals surface area contributed by atoms with Gasteiger partial charge >= 0.3 is 0 Å². The Kier molecular flexibility index (Phi) is 5.77. The Morgan fingerprint density at radius 1 is 1.07 bits per heavy atom. The summed E-state index contributed by atoms with van der Waals surface area (Å²) in [4.78, 5) is 12.1. The summed E-state index contributed by atoms with van der Waals surface area (Å²) in [6.45, 7) is 0.772. The van der Waals surface area contributed by atoms with E-state index < -0.39 is 0 Å². The standard InChI is InChI=1S/C20H19N3O4S/c24-18(21-11-15-12-25-16-8-4-5-9-17(16)26-15)13-28-20-23-22-19(27-20)10-14-6-2-1-3-7-14/h1-9,15H,10-13H2,(H,21,24). The van der Waals surface area contributed by atoms with E-state index in [1.807, 2.05) is 54.6 Å². The van der Waals surface area contributed by atoms with Crippen LogP contribution in [0.1, 0.15) is 11.5 Å². The van der Waals surface area contributed by atoms with Crippen molar-refractivity contribution in [3.8, 4) is 11.5 Å². The van der Waals surface area contributed by atoms with Gasteiger partial charge in [-0.2, -0.15) is 0 Å². The molecule has 144 valence electrons. The van der Waals surface area contributed by atoms with E-state index in [-0.39, 0.29) is 17.8 Å². The molecule has 2 heterocycles. The molecule has 8 heteroatoms. The first kappa shape index (κ1) is 18.4. The minimum absolute atomic E-state index is 0.129. The highest BCUT2D eigenvalue weighted by Gasteiger charge is 2.21. The molecular weight excluding hydrogens is 378 g/mol. The Balaban J connectivity index is 1.20. The van der Waals surface area contributed by atoms with Crippen LogP contribution in [-0.4, -0.2) is 41.1 Å². The summed E-state index contributed by atoms with van der Waals surface area (Å²) < 4.78 is 17.0. The Hall–Kier alpha value is -3.00. The molecule has 1 amide bonds. The van der Waals surface area contributed by atoms with Gasteiger partial charge in [-0.05, 0) is 17.7 Å². The number of hydrogen-bond donors (Lipinski definition) is 1. The molecule has 1 aliphatic heterocycles. The van der Waals surface area contributed by atoms with Crippen molar-refractivity contribution >= 4 is 17.7 Å². The summed E-state index contributed by atoms with van der Waals surface area (Å²) in [5.41, 5.74) is 1.09. The Morgan fingerprint density at radius 3 is 2.71 bits per heavy atom. The number of ether oxygens (including phenoxy) is 2. The van der Waals surface area contributed by atoms with Crippen LogP contribution in [0.5, 0.6) is 11.5 Å². The maximum atomic E-state index is 12.1. The molecule has 0 aliphatic carbocycles. The highest BCUT2D eigenvalue weighted by molar-refractivity contribution is 7.99. The molecule has 1 aliphatic rings. The first-order valence-electron chi connectivity index (χ1n) is 8.90. The van der Waals surface area contributed by atoms with Crippen LogP contribution in [0, 0.1) is 0 Å². The first-order chi connectivity index (χ1) is 13.8. The van der Waals surface area contributed by atoms with E-state index in [9.17, 15) is 4.79 Å². The number of carbonyl (C=O) groups is 1. The zero-order valence-electron chi connectivity index (χ0n) is 15.0. The second kappa shape index (κ2) is 8.79. The van der Waals surface area contributed by atoms with Crippen LogP contribution in [0.2, 0.25) is 0 Å². The Labute approximate surface area is 166 Å². The molecule has 1 N–H and O–H groups in total. The lowest BCUT2D eigenvalue weighted by Crippen LogP contribution is -2.41. The Morgan fingerprint density at radius 2 is 1.86 bits per heavy atom. The van der Waals surface area contributed by atoms with E-state index in [0.29, 0.717) is 36.4 Å². The van der Waals surface area contributed by atoms with Crippen LogP contribution in [0.25, 0.3) is 0 Å². The summed E-state index contributed by atoms with van der Waals surface area (Å²) in [5.74, 6) is 2.01. The van der Waals surface area contributed by atoms with E-state index in [4.69, 9.17) is 13.9 Å². The van der Waals surface area contributed by atoms with Gasteiger partial charge in [0.1, 0.15) is 12.7 Å². The normalized spacial score (nSPS) is 15.2. The third kappa shape index (κ3) is 4.83. The summed E-state index contributed by atoms with van der Waals surface area (Å²) in [6.07, 6.45) is 0.353. The first-order valence-corrected chi connectivity index (χ1v) is 9.89. The molecule has 4 rings (SSSR count). The number of nitrogens with one attached hydrogen (secondary N) is 1. The van der Waals surface area contributed by atoms with Crippen molar-refractivity contribution in [1.29, 1.82) is 0 Å². The molecule has 2 aromatic carbocycles. The van der Waals surface area contributed by atoms with E-state index in [1.54, 1.807) is 0 Å². The zero-order valence-corrected chi connectivity index (χ0v) is 15.9. The highest BCUT2D eigenvalue weighted by Crippen LogP contribution is 2.30. The average molecular weight is 397 g/mol. The quantitative estimate of drug-likeness (QED) is 0.614. The number of benzene rings is 2. The predicted octanol–water partition coefficient (Wildman–Crippen LogP) is 2.71. The maximum absolute atomic E-state index is 12.1. The van der Waals surface area contributed by atoms with E-state index in [0.717, 1.165) is 11.3 Å². The van der Waals surface area contributed by atoms with Gasteiger partial charge in [0.15, 0.2) is 11.5 Å². The van der Waals surface area contributed by atoms with Gasteiger partial charge in [0.05, 0.1) is 18.7 Å². The van der Waals surface area contributed by atoms with Crippen LogP contribution >= 0.6 is 11.8 Å². The highest BCUT2D eigenvalue weighted by atomic mass is 32.2. The van der Waals surface area contributed by atoms with Gasteiger partial charge in [0, 0.05) is 0 Å². The van der Waals surface area contributed by atoms with E-state index in [2.05, 4.69) is 15.5 Å². The van der Waals surface area contributed by atoms with Gasteiger partial charge in [0.25, 0.3) is 5.22 Å². The van der Waals surface area contributed by atoms with Crippen LogP contribution in [0.4, 0.5) is 0 Å². The lowest BCUT2D eigenvalue weighted by Gasteiger charge is -2.26. The number of hydrogen-bond acceptors (Lipinski definition) is 7. The second-order valence-electron chi connectivity index (χ2n) is 6.21. The van der Waals surface area contributed by atoms with Crippen LogP contribution in [0.15, 0.2) is 64.2 Å². The predicted molar refractivity (Wildman–Crippen MR) is 104 cm³/mol. The van der Waals surface area contributed by atoms with Crippen molar-refractivity contribution in [1.82, 2.24) is 15.5 Å². The smallest absolute Gasteiger partial charge is 0.277 e. The van der Waals surface area contributed by atoms with Gasteiger partial charge < -0.3 is 19.2 Å². The molecule has 1 unspecified atom stereocenters. The van der Waals surface area contributed by atoms with Gasteiger partial charge in [-0.25, -0.2) is 0 Å². The molecule has 1 atom stereocenters. The van der Waals surface area contributed by atoms with Crippen molar-refractivity contribution in [3.63, 3.8) is 0 Å². The van der Waals surface area contributed by atoms with Gasteiger partial charge in [-0.1, -0.05) is 54.2 Å². The van der Waals surface area contributed by atoms with E-state index >= 15 is 0 Å². The molecule has 7 nitrogen and oxygen atoms in total. The third-order valence-corrected chi connectivity index (χ3v) is 4.89. The van der Waals surface area contributed by atoms with Gasteiger partial charge in [0.2, 0.25) is 11.8 Å². The van der Waals surface area contributed by atoms with Gasteiger partial charge in [-0.3, -0.25) is 4.79 Å². The molecule has 0 bridgehead atoms. The average Bonchev–Trinajstić information content (AvgIpc) is 3.18. The van der Waals surface area contributed by atoms with Crippen molar-refractivity contribution < 1.29 is 18.7 Å². The number of rotatable bonds is 7. The fraction of sp³-hybridized carbons (Fsp3) is 0.250. The molecule has 0 saturated heterocycles. The minimum atomic E-state index is -0.218. The largest absolute Gasteiger partial charge is 0.486 e. The molecule has 1 aromatic heterocycles. The number of aromatic nitrogens is 2. The zero-order chi connectivity index (χ0) is 19.2. The number of thioether (sulfide) groups is 1. The Bertz CT molecular complexity index is 932. The summed E-state index contributed by atoms with van der Waals surface area (Å²) in [6, 6.07) is 17.4. The molecule has 0 fully saturated rings. The summed E-state index contributed by atoms with van der Waals surface area (Å²) in [5, 5.41) is 11.2. The number of amides is 1. The lowest BCUT2D eigenvalue weighted by atomic mass is 10.2. The fourth-order valence-corrected chi connectivity index (χ4v) is 3.32. The number of fused-ring (bicyclic) bond motifs is 1. The summed E-state index contributed by atoms with van der Waals surface area (Å²) in [7, 11) is 0. The molecule has 3 aromatic rings. The monoisotopic (exact) mass is 397 g/mol. The molecular formula is C20H19N3O4S. The SMILES string of the molecule is O=C(CSc1nnc(Cc2ccccc2)o1)NCC1COc2ccccc2O1. The van der Waals surface area contributed by atoms with Crippen molar-refractivity contribution in [3.05, 3.63) is 66.1 Å². The summed E-state index contributed by atoms with van der Waals surface area (Å²) >= 11 is 1.21. The van der Waals surface area contributed by atoms with Crippen molar-refractivity contribution in [2.24, 2.45) is 0 Å². The fourth-order valence-electron chi connectivity index (χ4n) is 2.71. The molecule has 0 radical (unpaired) electrons. The third-order valence-electron chi connectivity index (χ3n) is 4.07. The number of para-hydroxylation sites is 2. The van der Waals surface area contributed by atoms with Crippen molar-refractivity contribution in [2.45, 2.75) is 17.7 Å². The van der Waals surface area contributed by atoms with Crippen LogP contribution in [-0.2, 0) is 11.2 Å². The number of nitrogens with zero attached hydrogens (tertiary/aromatic N) is 2.